The van der Waals surface area contributed by atoms with Crippen LogP contribution in [0.1, 0.15) is 25.6 Å². The van der Waals surface area contributed by atoms with E-state index in [-0.39, 0.29) is 10.8 Å². The number of nitrogens with zero attached hydrogens (tertiary/aromatic N) is 3. The van der Waals surface area contributed by atoms with Crippen molar-refractivity contribution in [1.82, 2.24) is 14.6 Å². The van der Waals surface area contributed by atoms with Crippen LogP contribution in [-0.4, -0.2) is 29.3 Å². The van der Waals surface area contributed by atoms with E-state index in [9.17, 15) is 8.42 Å². The predicted molar refractivity (Wildman–Crippen MR) is 60.2 cm³/mol. The molecule has 0 fully saturated rings. The third-order valence-corrected chi connectivity index (χ3v) is 3.44. The minimum absolute atomic E-state index is 0.199. The quantitative estimate of drug-likeness (QED) is 0.791. The Balaban J connectivity index is 2.73. The van der Waals surface area contributed by atoms with Gasteiger partial charge in [-0.2, -0.15) is 0 Å². The summed E-state index contributed by atoms with van der Waals surface area (Å²) in [4.78, 5) is 0.279. The van der Waals surface area contributed by atoms with E-state index < -0.39 is 9.84 Å². The maximum absolute atomic E-state index is 11.4. The van der Waals surface area contributed by atoms with Gasteiger partial charge in [0.2, 0.25) is 0 Å². The maximum atomic E-state index is 11.4. The molecule has 0 aliphatic heterocycles. The van der Waals surface area contributed by atoms with E-state index in [1.54, 1.807) is 22.7 Å². The lowest BCUT2D eigenvalue weighted by molar-refractivity contribution is 0.601. The average Bonchev–Trinajstić information content (AvgIpc) is 2.58. The average molecular weight is 239 g/mol. The Morgan fingerprint density at radius 3 is 2.50 bits per heavy atom. The topological polar surface area (TPSA) is 64.3 Å². The van der Waals surface area contributed by atoms with Gasteiger partial charge < -0.3 is 0 Å². The third-order valence-electron chi connectivity index (χ3n) is 2.35. The van der Waals surface area contributed by atoms with Crippen molar-refractivity contribution in [2.45, 2.75) is 24.7 Å². The Bertz CT molecular complexity index is 629. The van der Waals surface area contributed by atoms with E-state index >= 15 is 0 Å². The summed E-state index contributed by atoms with van der Waals surface area (Å²) in [6, 6.07) is 3.21. The molecule has 0 atom stereocenters. The highest BCUT2D eigenvalue weighted by Crippen LogP contribution is 2.16. The van der Waals surface area contributed by atoms with Gasteiger partial charge in [-0.15, -0.1) is 10.2 Å². The highest BCUT2D eigenvalue weighted by molar-refractivity contribution is 7.90. The van der Waals surface area contributed by atoms with Gasteiger partial charge in [0.25, 0.3) is 0 Å². The Hall–Kier alpha value is -1.43. The second-order valence-electron chi connectivity index (χ2n) is 4.08. The fraction of sp³-hybridized carbons (Fsp3) is 0.400. The standard InChI is InChI=1S/C10H13N3O2S/c1-7(2)10-12-11-9-5-4-8(6-13(9)10)16(3,14)15/h4-7H,1-3H3. The molecule has 0 N–H and O–H groups in total. The molecule has 5 nitrogen and oxygen atoms in total. The van der Waals surface area contributed by atoms with E-state index in [0.717, 1.165) is 5.82 Å². The Morgan fingerprint density at radius 2 is 1.94 bits per heavy atom. The van der Waals surface area contributed by atoms with Gasteiger partial charge in [-0.05, 0) is 12.1 Å². The first-order valence-electron chi connectivity index (χ1n) is 4.94. The minimum Gasteiger partial charge on any atom is -0.285 e. The summed E-state index contributed by atoms with van der Waals surface area (Å²) in [6.07, 6.45) is 2.76. The number of pyridine rings is 1. The molecule has 0 bridgehead atoms. The predicted octanol–water partition coefficient (Wildman–Crippen LogP) is 1.26. The first-order chi connectivity index (χ1) is 7.39. The van der Waals surface area contributed by atoms with Crippen LogP contribution in [0.15, 0.2) is 23.2 Å². The van der Waals surface area contributed by atoms with E-state index in [1.807, 2.05) is 13.8 Å². The molecule has 16 heavy (non-hydrogen) atoms. The van der Waals surface area contributed by atoms with Gasteiger partial charge >= 0.3 is 0 Å². The largest absolute Gasteiger partial charge is 0.285 e. The van der Waals surface area contributed by atoms with Crippen LogP contribution in [0.4, 0.5) is 0 Å². The van der Waals surface area contributed by atoms with Crippen molar-refractivity contribution in [2.24, 2.45) is 0 Å². The molecular weight excluding hydrogens is 226 g/mol. The van der Waals surface area contributed by atoms with Crippen molar-refractivity contribution in [2.75, 3.05) is 6.26 Å². The van der Waals surface area contributed by atoms with Crippen LogP contribution in [0, 0.1) is 0 Å². The summed E-state index contributed by atoms with van der Waals surface area (Å²) in [5.41, 5.74) is 0.663. The fourth-order valence-corrected chi connectivity index (χ4v) is 2.11. The molecule has 2 rings (SSSR count). The number of rotatable bonds is 2. The number of fused-ring (bicyclic) bond motifs is 1. The maximum Gasteiger partial charge on any atom is 0.176 e. The van der Waals surface area contributed by atoms with Crippen LogP contribution in [-0.2, 0) is 9.84 Å². The Kier molecular flexibility index (Phi) is 2.46. The van der Waals surface area contributed by atoms with Crippen molar-refractivity contribution in [3.63, 3.8) is 0 Å². The normalized spacial score (nSPS) is 12.5. The second-order valence-corrected chi connectivity index (χ2v) is 6.09. The van der Waals surface area contributed by atoms with Crippen LogP contribution in [0.3, 0.4) is 0 Å². The highest BCUT2D eigenvalue weighted by atomic mass is 32.2. The minimum atomic E-state index is -3.19. The molecule has 0 unspecified atom stereocenters. The zero-order valence-corrected chi connectivity index (χ0v) is 10.2. The third kappa shape index (κ3) is 1.80. The van der Waals surface area contributed by atoms with Crippen LogP contribution in [0.5, 0.6) is 0 Å². The van der Waals surface area contributed by atoms with Gasteiger partial charge in [0.05, 0.1) is 4.90 Å². The lowest BCUT2D eigenvalue weighted by Crippen LogP contribution is -2.02. The zero-order chi connectivity index (χ0) is 11.9. The fourth-order valence-electron chi connectivity index (χ4n) is 1.50. The van der Waals surface area contributed by atoms with Gasteiger partial charge in [-0.25, -0.2) is 8.42 Å². The Labute approximate surface area is 94.0 Å². The van der Waals surface area contributed by atoms with E-state index in [4.69, 9.17) is 0 Å². The van der Waals surface area contributed by atoms with Gasteiger partial charge in [0, 0.05) is 18.4 Å². The molecule has 0 saturated heterocycles. The van der Waals surface area contributed by atoms with E-state index in [2.05, 4.69) is 10.2 Å². The van der Waals surface area contributed by atoms with Gasteiger partial charge in [-0.3, -0.25) is 4.40 Å². The monoisotopic (exact) mass is 239 g/mol. The molecule has 0 aliphatic carbocycles. The molecule has 0 spiro atoms. The lowest BCUT2D eigenvalue weighted by Gasteiger charge is -2.04. The van der Waals surface area contributed by atoms with Crippen LogP contribution < -0.4 is 0 Å². The summed E-state index contributed by atoms with van der Waals surface area (Å²) >= 11 is 0. The van der Waals surface area contributed by atoms with Crippen molar-refractivity contribution in [1.29, 1.82) is 0 Å². The van der Waals surface area contributed by atoms with Gasteiger partial charge in [-0.1, -0.05) is 13.8 Å². The summed E-state index contributed by atoms with van der Waals surface area (Å²) < 4.78 is 24.6. The van der Waals surface area contributed by atoms with Crippen LogP contribution in [0.2, 0.25) is 0 Å². The van der Waals surface area contributed by atoms with Gasteiger partial charge in [0.15, 0.2) is 15.5 Å². The highest BCUT2D eigenvalue weighted by Gasteiger charge is 2.13. The first kappa shape index (κ1) is 11.1. The molecule has 0 amide bonds. The lowest BCUT2D eigenvalue weighted by atomic mass is 10.2. The van der Waals surface area contributed by atoms with Crippen molar-refractivity contribution < 1.29 is 8.42 Å². The van der Waals surface area contributed by atoms with Crippen molar-refractivity contribution >= 4 is 15.5 Å². The van der Waals surface area contributed by atoms with E-state index in [0.29, 0.717) is 5.65 Å². The molecular formula is C10H13N3O2S. The molecule has 0 aromatic carbocycles. The molecule has 2 aromatic rings. The Morgan fingerprint density at radius 1 is 1.25 bits per heavy atom. The van der Waals surface area contributed by atoms with Crippen molar-refractivity contribution in [3.05, 3.63) is 24.2 Å². The van der Waals surface area contributed by atoms with Gasteiger partial charge in [0.1, 0.15) is 5.82 Å². The SMILES string of the molecule is CC(C)c1nnc2ccc(S(C)(=O)=O)cn12. The zero-order valence-electron chi connectivity index (χ0n) is 9.38. The molecule has 0 saturated carbocycles. The molecule has 0 aliphatic rings. The molecule has 86 valence electrons. The molecule has 0 radical (unpaired) electrons. The number of hydrogen-bond donors (Lipinski definition) is 0. The summed E-state index contributed by atoms with van der Waals surface area (Å²) in [5, 5.41) is 8.02. The van der Waals surface area contributed by atoms with Crippen molar-refractivity contribution in [3.8, 4) is 0 Å². The van der Waals surface area contributed by atoms with Crippen LogP contribution >= 0.6 is 0 Å². The summed E-state index contributed by atoms with van der Waals surface area (Å²) in [6.45, 7) is 3.98. The van der Waals surface area contributed by atoms with E-state index in [1.165, 1.54) is 6.26 Å². The molecule has 2 aromatic heterocycles. The molecule has 6 heteroatoms. The van der Waals surface area contributed by atoms with Crippen LogP contribution in [0.25, 0.3) is 5.65 Å². The molecule has 2 heterocycles. The summed E-state index contributed by atoms with van der Waals surface area (Å²) in [7, 11) is -3.19. The first-order valence-corrected chi connectivity index (χ1v) is 6.83. The summed E-state index contributed by atoms with van der Waals surface area (Å²) in [5.74, 6) is 0.963. The number of sulfone groups is 1. The number of aromatic nitrogens is 3. The number of hydrogen-bond acceptors (Lipinski definition) is 4. The smallest absolute Gasteiger partial charge is 0.176 e. The second kappa shape index (κ2) is 3.55.